The van der Waals surface area contributed by atoms with E-state index in [1.54, 1.807) is 4.90 Å². The summed E-state index contributed by atoms with van der Waals surface area (Å²) in [6.45, 7) is 0.528. The summed E-state index contributed by atoms with van der Waals surface area (Å²) in [7, 11) is 3.26. The number of piperidine rings is 1. The summed E-state index contributed by atoms with van der Waals surface area (Å²) >= 11 is 0. The molecule has 0 spiro atoms. The third kappa shape index (κ3) is 4.19. The van der Waals surface area contributed by atoms with E-state index in [1.807, 2.05) is 67.7 Å². The summed E-state index contributed by atoms with van der Waals surface area (Å²) in [5.41, 5.74) is 1.85. The molecular formula is C22H26N2O3. The lowest BCUT2D eigenvalue weighted by atomic mass is 9.87. The van der Waals surface area contributed by atoms with Gasteiger partial charge in [0, 0.05) is 12.6 Å². The number of hydrogen-bond acceptors (Lipinski definition) is 4. The van der Waals surface area contributed by atoms with Crippen LogP contribution in [0.25, 0.3) is 0 Å². The monoisotopic (exact) mass is 366 g/mol. The standard InChI is InChI=1S/C22H26N2O3/c1-23-18-13-14-24(19(15-18)22(26)27-2)21(25)20(16-9-5-3-6-10-16)17-11-7-4-8-12-17/h3-12,18-20,23H,13-15H2,1-2H3/t18-,19-/m0/s1. The molecule has 142 valence electrons. The van der Waals surface area contributed by atoms with Crippen molar-refractivity contribution < 1.29 is 14.3 Å². The van der Waals surface area contributed by atoms with Gasteiger partial charge in [-0.25, -0.2) is 4.79 Å². The fraction of sp³-hybridized carbons (Fsp3) is 0.364. The maximum atomic E-state index is 13.6. The first-order valence-electron chi connectivity index (χ1n) is 9.31. The van der Waals surface area contributed by atoms with E-state index < -0.39 is 12.0 Å². The number of hydrogen-bond donors (Lipinski definition) is 1. The lowest BCUT2D eigenvalue weighted by Gasteiger charge is -2.39. The van der Waals surface area contributed by atoms with Crippen LogP contribution in [0.1, 0.15) is 29.9 Å². The van der Waals surface area contributed by atoms with E-state index in [0.717, 1.165) is 17.5 Å². The Morgan fingerprint density at radius 2 is 1.59 bits per heavy atom. The van der Waals surface area contributed by atoms with Crippen molar-refractivity contribution in [1.29, 1.82) is 0 Å². The minimum atomic E-state index is -0.566. The molecule has 27 heavy (non-hydrogen) atoms. The predicted octanol–water partition coefficient (Wildman–Crippen LogP) is 2.57. The number of esters is 1. The van der Waals surface area contributed by atoms with Crippen LogP contribution in [-0.2, 0) is 14.3 Å². The van der Waals surface area contributed by atoms with Gasteiger partial charge in [-0.2, -0.15) is 0 Å². The number of carbonyl (C=O) groups excluding carboxylic acids is 2. The molecule has 0 aromatic heterocycles. The van der Waals surface area contributed by atoms with Gasteiger partial charge in [-0.15, -0.1) is 0 Å². The minimum absolute atomic E-state index is 0.0580. The van der Waals surface area contributed by atoms with Gasteiger partial charge < -0.3 is 15.0 Å². The molecule has 1 N–H and O–H groups in total. The first-order chi connectivity index (χ1) is 13.2. The van der Waals surface area contributed by atoms with Crippen molar-refractivity contribution >= 4 is 11.9 Å². The molecule has 1 aliphatic heterocycles. The second kappa shape index (κ2) is 8.82. The van der Waals surface area contributed by atoms with E-state index >= 15 is 0 Å². The summed E-state index contributed by atoms with van der Waals surface area (Å²) in [6, 6.07) is 19.1. The first-order valence-corrected chi connectivity index (χ1v) is 9.31. The van der Waals surface area contributed by atoms with Crippen molar-refractivity contribution in [3.05, 3.63) is 71.8 Å². The van der Waals surface area contributed by atoms with E-state index in [4.69, 9.17) is 4.74 Å². The van der Waals surface area contributed by atoms with Crippen LogP contribution in [0.3, 0.4) is 0 Å². The second-order valence-electron chi connectivity index (χ2n) is 6.83. The maximum absolute atomic E-state index is 13.6. The molecule has 0 bridgehead atoms. The van der Waals surface area contributed by atoms with Crippen LogP contribution in [0, 0.1) is 0 Å². The average Bonchev–Trinajstić information content (AvgIpc) is 2.74. The van der Waals surface area contributed by atoms with E-state index in [9.17, 15) is 9.59 Å². The molecule has 0 saturated carbocycles. The Morgan fingerprint density at radius 1 is 1.04 bits per heavy atom. The van der Waals surface area contributed by atoms with Gasteiger partial charge in [-0.05, 0) is 31.0 Å². The lowest BCUT2D eigenvalue weighted by Crippen LogP contribution is -2.55. The number of ether oxygens (including phenoxy) is 1. The van der Waals surface area contributed by atoms with Gasteiger partial charge in [0.05, 0.1) is 13.0 Å². The Balaban J connectivity index is 1.96. The number of carbonyl (C=O) groups is 2. The number of amides is 1. The van der Waals surface area contributed by atoms with Gasteiger partial charge in [0.15, 0.2) is 0 Å². The molecule has 3 rings (SSSR count). The van der Waals surface area contributed by atoms with E-state index in [2.05, 4.69) is 5.32 Å². The van der Waals surface area contributed by atoms with Crippen molar-refractivity contribution in [2.75, 3.05) is 20.7 Å². The maximum Gasteiger partial charge on any atom is 0.328 e. The SMILES string of the molecule is CN[C@H]1CCN(C(=O)C(c2ccccc2)c2ccccc2)[C@H](C(=O)OC)C1. The third-order valence-electron chi connectivity index (χ3n) is 5.28. The zero-order valence-corrected chi connectivity index (χ0v) is 15.8. The molecule has 1 fully saturated rings. The molecule has 2 atom stereocenters. The highest BCUT2D eigenvalue weighted by Gasteiger charge is 2.39. The van der Waals surface area contributed by atoms with Crippen LogP contribution in [0.4, 0.5) is 0 Å². The molecular weight excluding hydrogens is 340 g/mol. The van der Waals surface area contributed by atoms with Crippen molar-refractivity contribution in [1.82, 2.24) is 10.2 Å². The number of nitrogens with one attached hydrogen (secondary N) is 1. The topological polar surface area (TPSA) is 58.6 Å². The Kier molecular flexibility index (Phi) is 6.24. The highest BCUT2D eigenvalue weighted by atomic mass is 16.5. The Hall–Kier alpha value is -2.66. The van der Waals surface area contributed by atoms with Crippen LogP contribution in [0.15, 0.2) is 60.7 Å². The van der Waals surface area contributed by atoms with Crippen molar-refractivity contribution in [3.63, 3.8) is 0 Å². The van der Waals surface area contributed by atoms with Gasteiger partial charge in [0.1, 0.15) is 6.04 Å². The molecule has 1 aliphatic rings. The third-order valence-corrected chi connectivity index (χ3v) is 5.28. The van der Waals surface area contributed by atoms with Crippen molar-refractivity contribution in [2.24, 2.45) is 0 Å². The predicted molar refractivity (Wildman–Crippen MR) is 104 cm³/mol. The summed E-state index contributed by atoms with van der Waals surface area (Å²) in [4.78, 5) is 27.7. The fourth-order valence-electron chi connectivity index (χ4n) is 3.79. The van der Waals surface area contributed by atoms with Crippen LogP contribution < -0.4 is 5.32 Å². The van der Waals surface area contributed by atoms with Gasteiger partial charge in [-0.3, -0.25) is 4.79 Å². The van der Waals surface area contributed by atoms with Crippen LogP contribution in [-0.4, -0.2) is 49.6 Å². The number of nitrogens with zero attached hydrogens (tertiary/aromatic N) is 1. The molecule has 0 unspecified atom stereocenters. The van der Waals surface area contributed by atoms with E-state index in [0.29, 0.717) is 13.0 Å². The largest absolute Gasteiger partial charge is 0.467 e. The number of rotatable bonds is 5. The molecule has 0 aliphatic carbocycles. The van der Waals surface area contributed by atoms with E-state index in [1.165, 1.54) is 7.11 Å². The highest BCUT2D eigenvalue weighted by molar-refractivity contribution is 5.91. The Labute approximate surface area is 160 Å². The quantitative estimate of drug-likeness (QED) is 0.827. The molecule has 5 nitrogen and oxygen atoms in total. The molecule has 1 amide bonds. The fourth-order valence-corrected chi connectivity index (χ4v) is 3.79. The number of likely N-dealkylation sites (tertiary alicyclic amines) is 1. The minimum Gasteiger partial charge on any atom is -0.467 e. The average molecular weight is 366 g/mol. The normalized spacial score (nSPS) is 19.7. The van der Waals surface area contributed by atoms with Crippen LogP contribution in [0.5, 0.6) is 0 Å². The summed E-state index contributed by atoms with van der Waals surface area (Å²) in [6.07, 6.45) is 1.37. The molecule has 1 saturated heterocycles. The summed E-state index contributed by atoms with van der Waals surface area (Å²) in [5, 5.41) is 3.22. The number of methoxy groups -OCH3 is 1. The highest BCUT2D eigenvalue weighted by Crippen LogP contribution is 2.30. The zero-order valence-electron chi connectivity index (χ0n) is 15.8. The smallest absolute Gasteiger partial charge is 0.328 e. The second-order valence-corrected chi connectivity index (χ2v) is 6.83. The van der Waals surface area contributed by atoms with Crippen molar-refractivity contribution in [3.8, 4) is 0 Å². The first kappa shape index (κ1) is 19.1. The van der Waals surface area contributed by atoms with Gasteiger partial charge in [-0.1, -0.05) is 60.7 Å². The van der Waals surface area contributed by atoms with E-state index in [-0.39, 0.29) is 17.9 Å². The zero-order chi connectivity index (χ0) is 19.2. The molecule has 5 heteroatoms. The molecule has 1 heterocycles. The van der Waals surface area contributed by atoms with Gasteiger partial charge >= 0.3 is 5.97 Å². The number of benzene rings is 2. The van der Waals surface area contributed by atoms with Crippen molar-refractivity contribution in [2.45, 2.75) is 30.8 Å². The molecule has 2 aromatic carbocycles. The lowest BCUT2D eigenvalue weighted by molar-refractivity contribution is -0.155. The summed E-state index contributed by atoms with van der Waals surface area (Å²) in [5.74, 6) is -0.855. The van der Waals surface area contributed by atoms with Crippen LogP contribution >= 0.6 is 0 Å². The van der Waals surface area contributed by atoms with Gasteiger partial charge in [0.2, 0.25) is 5.91 Å². The Bertz CT molecular complexity index is 724. The Morgan fingerprint density at radius 3 is 2.07 bits per heavy atom. The van der Waals surface area contributed by atoms with Crippen LogP contribution in [0.2, 0.25) is 0 Å². The molecule has 0 radical (unpaired) electrons. The molecule has 2 aromatic rings. The van der Waals surface area contributed by atoms with Gasteiger partial charge in [0.25, 0.3) is 0 Å². The summed E-state index contributed by atoms with van der Waals surface area (Å²) < 4.78 is 4.99.